The summed E-state index contributed by atoms with van der Waals surface area (Å²) in [5, 5.41) is 0. The van der Waals surface area contributed by atoms with Crippen molar-refractivity contribution in [2.45, 2.75) is 77.2 Å². The monoisotopic (exact) mass is 376 g/mol. The van der Waals surface area contributed by atoms with Gasteiger partial charge in [0.05, 0.1) is 6.61 Å². The highest BCUT2D eigenvalue weighted by Crippen LogP contribution is 2.40. The number of allylic oxidation sites excluding steroid dienone is 1. The normalized spacial score (nSPS) is 19.9. The lowest BCUT2D eigenvalue weighted by molar-refractivity contribution is 0.117. The van der Waals surface area contributed by atoms with Gasteiger partial charge in [0.15, 0.2) is 0 Å². The van der Waals surface area contributed by atoms with E-state index >= 15 is 0 Å². The summed E-state index contributed by atoms with van der Waals surface area (Å²) in [6, 6.07) is 18.4. The summed E-state index contributed by atoms with van der Waals surface area (Å²) in [7, 11) is 0. The highest BCUT2D eigenvalue weighted by atomic mass is 16.5. The van der Waals surface area contributed by atoms with E-state index in [9.17, 15) is 0 Å². The van der Waals surface area contributed by atoms with E-state index in [2.05, 4.69) is 74.5 Å². The third-order valence-electron chi connectivity index (χ3n) is 6.11. The van der Waals surface area contributed by atoms with E-state index in [0.29, 0.717) is 0 Å². The summed E-state index contributed by atoms with van der Waals surface area (Å²) < 4.78 is 5.79. The minimum absolute atomic E-state index is 0.720. The molecule has 0 heterocycles. The van der Waals surface area contributed by atoms with Crippen molar-refractivity contribution in [2.75, 3.05) is 6.61 Å². The molecule has 0 unspecified atom stereocenters. The third kappa shape index (κ3) is 6.07. The number of ether oxygens (including phenoxy) is 1. The first-order valence-electron chi connectivity index (χ1n) is 11.2. The molecule has 150 valence electrons. The van der Waals surface area contributed by atoms with Crippen LogP contribution in [0.15, 0.2) is 54.6 Å². The zero-order valence-corrected chi connectivity index (χ0v) is 17.7. The fraction of sp³-hybridized carbons (Fsp3) is 0.481. The lowest BCUT2D eigenvalue weighted by Gasteiger charge is -2.29. The summed E-state index contributed by atoms with van der Waals surface area (Å²) in [5.41, 5.74) is 5.63. The highest BCUT2D eigenvalue weighted by molar-refractivity contribution is 5.49. The molecular formula is C27H36O. The molecule has 28 heavy (non-hydrogen) atoms. The Morgan fingerprint density at radius 1 is 0.821 bits per heavy atom. The van der Waals surface area contributed by atoms with Gasteiger partial charge in [-0.25, -0.2) is 0 Å². The number of hydrogen-bond donors (Lipinski definition) is 0. The smallest absolute Gasteiger partial charge is 0.0716 e. The topological polar surface area (TPSA) is 9.23 Å². The molecule has 0 amide bonds. The van der Waals surface area contributed by atoms with E-state index < -0.39 is 0 Å². The van der Waals surface area contributed by atoms with Gasteiger partial charge in [-0.2, -0.15) is 0 Å². The molecule has 0 atom stereocenters. The van der Waals surface area contributed by atoms with Crippen molar-refractivity contribution in [3.8, 4) is 0 Å². The minimum Gasteiger partial charge on any atom is -0.377 e. The molecule has 0 N–H and O–H groups in total. The Labute approximate surface area is 171 Å². The Hall–Kier alpha value is -1.86. The van der Waals surface area contributed by atoms with Crippen LogP contribution in [-0.4, -0.2) is 6.61 Å². The van der Waals surface area contributed by atoms with Crippen molar-refractivity contribution >= 4 is 6.08 Å². The highest BCUT2D eigenvalue weighted by Gasteiger charge is 2.23. The predicted molar refractivity (Wildman–Crippen MR) is 121 cm³/mol. The Morgan fingerprint density at radius 3 is 1.93 bits per heavy atom. The van der Waals surface area contributed by atoms with Crippen molar-refractivity contribution in [3.05, 3.63) is 76.9 Å². The molecule has 1 nitrogen and oxygen atoms in total. The fourth-order valence-corrected chi connectivity index (χ4v) is 4.36. The van der Waals surface area contributed by atoms with Crippen molar-refractivity contribution in [1.29, 1.82) is 0 Å². The molecule has 0 spiro atoms. The maximum absolute atomic E-state index is 5.79. The number of benzene rings is 2. The molecule has 0 saturated heterocycles. The summed E-state index contributed by atoms with van der Waals surface area (Å²) in [4.78, 5) is 0. The van der Waals surface area contributed by atoms with Crippen LogP contribution in [0.5, 0.6) is 0 Å². The lowest BCUT2D eigenvalue weighted by atomic mass is 9.76. The van der Waals surface area contributed by atoms with Crippen molar-refractivity contribution in [2.24, 2.45) is 0 Å². The maximum atomic E-state index is 5.79. The first kappa shape index (κ1) is 20.9. The molecule has 2 aromatic carbocycles. The van der Waals surface area contributed by atoms with Crippen LogP contribution in [-0.2, 0) is 11.3 Å². The van der Waals surface area contributed by atoms with Crippen molar-refractivity contribution < 1.29 is 4.74 Å². The first-order valence-corrected chi connectivity index (χ1v) is 11.2. The van der Waals surface area contributed by atoms with E-state index in [1.54, 1.807) is 0 Å². The van der Waals surface area contributed by atoms with Crippen LogP contribution in [0, 0.1) is 0 Å². The summed E-state index contributed by atoms with van der Waals surface area (Å²) in [5.74, 6) is 1.45. The van der Waals surface area contributed by atoms with Gasteiger partial charge in [-0.05, 0) is 73.1 Å². The molecule has 0 aliphatic heterocycles. The van der Waals surface area contributed by atoms with Crippen LogP contribution in [0.3, 0.4) is 0 Å². The van der Waals surface area contributed by atoms with Crippen LogP contribution >= 0.6 is 0 Å². The van der Waals surface area contributed by atoms with E-state index in [1.807, 2.05) is 0 Å². The molecule has 0 radical (unpaired) electrons. The Balaban J connectivity index is 1.46. The third-order valence-corrected chi connectivity index (χ3v) is 6.11. The molecule has 2 aromatic rings. The molecule has 0 aromatic heterocycles. The average Bonchev–Trinajstić information content (AvgIpc) is 2.75. The first-order chi connectivity index (χ1) is 13.8. The predicted octanol–water partition coefficient (Wildman–Crippen LogP) is 7.87. The summed E-state index contributed by atoms with van der Waals surface area (Å²) in [6.45, 7) is 5.94. The van der Waals surface area contributed by atoms with Crippen molar-refractivity contribution in [3.63, 3.8) is 0 Å². The molecule has 1 aliphatic rings. The second-order valence-corrected chi connectivity index (χ2v) is 8.22. The largest absolute Gasteiger partial charge is 0.377 e. The fourth-order valence-electron chi connectivity index (χ4n) is 4.36. The number of hydrogen-bond acceptors (Lipinski definition) is 1. The van der Waals surface area contributed by atoms with E-state index in [-0.39, 0.29) is 0 Å². The van der Waals surface area contributed by atoms with Gasteiger partial charge in [-0.1, -0.05) is 80.4 Å². The molecule has 1 aliphatic carbocycles. The number of rotatable bonds is 9. The molecular weight excluding hydrogens is 340 g/mol. The van der Waals surface area contributed by atoms with Gasteiger partial charge in [0.1, 0.15) is 0 Å². The average molecular weight is 377 g/mol. The van der Waals surface area contributed by atoms with Crippen LogP contribution in [0.1, 0.15) is 92.9 Å². The Bertz CT molecular complexity index is 703. The second-order valence-electron chi connectivity index (χ2n) is 8.22. The van der Waals surface area contributed by atoms with E-state index in [1.165, 1.54) is 67.2 Å². The van der Waals surface area contributed by atoms with Crippen molar-refractivity contribution in [1.82, 2.24) is 0 Å². The SMILES string of the molecule is CC=Cc1ccc(C2CCC(c3ccc(COCCCCC)cc3)CC2)cc1. The van der Waals surface area contributed by atoms with Gasteiger partial charge in [-0.3, -0.25) is 0 Å². The van der Waals surface area contributed by atoms with Gasteiger partial charge >= 0.3 is 0 Å². The molecule has 3 rings (SSSR count). The number of unbranched alkanes of at least 4 members (excludes halogenated alkanes) is 2. The maximum Gasteiger partial charge on any atom is 0.0716 e. The molecule has 1 fully saturated rings. The van der Waals surface area contributed by atoms with E-state index in [4.69, 9.17) is 4.74 Å². The standard InChI is InChI=1S/C27H36O/c1-3-5-6-20-28-21-23-10-14-25(15-11-23)27-18-16-26(17-19-27)24-12-8-22(7-4-2)9-13-24/h4,7-15,26-27H,3,5-6,16-21H2,1-2H3. The van der Waals surface area contributed by atoms with Crippen LogP contribution in [0.4, 0.5) is 0 Å². The molecule has 0 bridgehead atoms. The quantitative estimate of drug-likeness (QED) is 0.405. The Morgan fingerprint density at radius 2 is 1.39 bits per heavy atom. The lowest BCUT2D eigenvalue weighted by Crippen LogP contribution is -2.12. The van der Waals surface area contributed by atoms with Gasteiger partial charge in [0.25, 0.3) is 0 Å². The van der Waals surface area contributed by atoms with E-state index in [0.717, 1.165) is 25.0 Å². The summed E-state index contributed by atoms with van der Waals surface area (Å²) in [6.07, 6.45) is 13.2. The minimum atomic E-state index is 0.720. The molecule has 1 saturated carbocycles. The zero-order chi connectivity index (χ0) is 19.6. The van der Waals surface area contributed by atoms with Gasteiger partial charge < -0.3 is 4.74 Å². The zero-order valence-electron chi connectivity index (χ0n) is 17.7. The van der Waals surface area contributed by atoms with Gasteiger partial charge in [0.2, 0.25) is 0 Å². The molecule has 1 heteroatoms. The second kappa shape index (κ2) is 11.2. The van der Waals surface area contributed by atoms with Crippen LogP contribution in [0.25, 0.3) is 6.08 Å². The van der Waals surface area contributed by atoms with Gasteiger partial charge in [0, 0.05) is 6.61 Å². The Kier molecular flexibility index (Phi) is 8.36. The van der Waals surface area contributed by atoms with Gasteiger partial charge in [-0.15, -0.1) is 0 Å². The summed E-state index contributed by atoms with van der Waals surface area (Å²) >= 11 is 0. The van der Waals surface area contributed by atoms with Crippen LogP contribution in [0.2, 0.25) is 0 Å². The van der Waals surface area contributed by atoms with Crippen LogP contribution < -0.4 is 0 Å².